The Morgan fingerprint density at radius 2 is 1.92 bits per heavy atom. The van der Waals surface area contributed by atoms with Gasteiger partial charge < -0.3 is 18.6 Å². The molecule has 0 aliphatic carbocycles. The maximum Gasteiger partial charge on any atom is 0.513 e. The molecule has 3 aromatic rings. The van der Waals surface area contributed by atoms with E-state index in [9.17, 15) is 9.59 Å². The molecule has 0 fully saturated rings. The number of fused-ring (bicyclic) bond motifs is 1. The summed E-state index contributed by atoms with van der Waals surface area (Å²) < 4.78 is 20.8. The minimum Gasteiger partial charge on any atom is -0.496 e. The van der Waals surface area contributed by atoms with Crippen LogP contribution in [0.5, 0.6) is 11.5 Å². The lowest BCUT2D eigenvalue weighted by Gasteiger charge is -2.09. The fourth-order valence-corrected chi connectivity index (χ4v) is 2.54. The van der Waals surface area contributed by atoms with E-state index < -0.39 is 6.16 Å². The first kappa shape index (κ1) is 17.5. The molecule has 1 heterocycles. The monoisotopic (exact) mass is 354 g/mol. The van der Waals surface area contributed by atoms with E-state index in [1.165, 1.54) is 18.4 Å². The van der Waals surface area contributed by atoms with E-state index >= 15 is 0 Å². The first-order valence-electron chi connectivity index (χ1n) is 8.17. The Morgan fingerprint density at radius 1 is 1.12 bits per heavy atom. The molecule has 0 atom stereocenters. The molecular formula is C20H18O6. The van der Waals surface area contributed by atoms with Crippen molar-refractivity contribution in [3.05, 3.63) is 59.0 Å². The minimum absolute atomic E-state index is 0.198. The van der Waals surface area contributed by atoms with Gasteiger partial charge in [0, 0.05) is 11.6 Å². The summed E-state index contributed by atoms with van der Waals surface area (Å²) in [5.74, 6) is 0.824. The van der Waals surface area contributed by atoms with Crippen LogP contribution in [0.2, 0.25) is 0 Å². The summed E-state index contributed by atoms with van der Waals surface area (Å²) >= 11 is 0. The maximum absolute atomic E-state index is 12.8. The molecule has 3 rings (SSSR count). The summed E-state index contributed by atoms with van der Waals surface area (Å²) in [4.78, 5) is 24.4. The Balaban J connectivity index is 1.97. The van der Waals surface area contributed by atoms with Crippen molar-refractivity contribution in [2.45, 2.75) is 13.3 Å². The lowest BCUT2D eigenvalue weighted by molar-refractivity contribution is 0.0992. The highest BCUT2D eigenvalue weighted by molar-refractivity contribution is 5.84. The van der Waals surface area contributed by atoms with Crippen LogP contribution in [0.3, 0.4) is 0 Å². The smallest absolute Gasteiger partial charge is 0.496 e. The van der Waals surface area contributed by atoms with E-state index in [0.29, 0.717) is 34.3 Å². The van der Waals surface area contributed by atoms with Crippen LogP contribution in [0, 0.1) is 0 Å². The van der Waals surface area contributed by atoms with Gasteiger partial charge in [-0.15, -0.1) is 0 Å². The lowest BCUT2D eigenvalue weighted by Crippen LogP contribution is -2.11. The highest BCUT2D eigenvalue weighted by Crippen LogP contribution is 2.29. The Bertz CT molecular complexity index is 989. The van der Waals surface area contributed by atoms with Crippen LogP contribution in [-0.2, 0) is 4.74 Å². The molecule has 0 aliphatic rings. The van der Waals surface area contributed by atoms with Gasteiger partial charge in [-0.2, -0.15) is 0 Å². The third kappa shape index (κ3) is 3.54. The molecule has 6 nitrogen and oxygen atoms in total. The zero-order valence-corrected chi connectivity index (χ0v) is 14.5. The zero-order valence-electron chi connectivity index (χ0n) is 14.5. The molecule has 2 aromatic carbocycles. The molecule has 0 bridgehead atoms. The first-order valence-corrected chi connectivity index (χ1v) is 8.17. The summed E-state index contributed by atoms with van der Waals surface area (Å²) in [6.45, 7) is 2.17. The van der Waals surface area contributed by atoms with Crippen LogP contribution in [0.4, 0.5) is 4.79 Å². The molecule has 6 heteroatoms. The number of hydrogen-bond donors (Lipinski definition) is 0. The first-order chi connectivity index (χ1) is 12.6. The van der Waals surface area contributed by atoms with Gasteiger partial charge in [0.15, 0.2) is 0 Å². The van der Waals surface area contributed by atoms with E-state index in [2.05, 4.69) is 0 Å². The molecule has 26 heavy (non-hydrogen) atoms. The van der Waals surface area contributed by atoms with Gasteiger partial charge in [0.25, 0.3) is 0 Å². The third-order valence-corrected chi connectivity index (χ3v) is 3.77. The number of carbonyl (C=O) groups is 1. The van der Waals surface area contributed by atoms with Crippen LogP contribution in [0.25, 0.3) is 22.1 Å². The van der Waals surface area contributed by atoms with Crippen LogP contribution in [0.15, 0.2) is 57.9 Å². The summed E-state index contributed by atoms with van der Waals surface area (Å²) in [5, 5.41) is 0.377. The average molecular weight is 354 g/mol. The van der Waals surface area contributed by atoms with Crippen molar-refractivity contribution in [3.63, 3.8) is 0 Å². The van der Waals surface area contributed by atoms with E-state index in [0.717, 1.165) is 0 Å². The Morgan fingerprint density at radius 3 is 2.69 bits per heavy atom. The molecule has 0 spiro atoms. The van der Waals surface area contributed by atoms with Gasteiger partial charge in [-0.1, -0.05) is 25.1 Å². The third-order valence-electron chi connectivity index (χ3n) is 3.77. The number of carbonyl (C=O) groups excluding carboxylic acids is 1. The molecule has 0 N–H and O–H groups in total. The van der Waals surface area contributed by atoms with Gasteiger partial charge in [-0.25, -0.2) is 4.79 Å². The van der Waals surface area contributed by atoms with E-state index in [1.807, 2.05) is 19.1 Å². The van der Waals surface area contributed by atoms with Crippen molar-refractivity contribution in [1.29, 1.82) is 0 Å². The van der Waals surface area contributed by atoms with Gasteiger partial charge in [0.05, 0.1) is 24.7 Å². The van der Waals surface area contributed by atoms with Gasteiger partial charge in [-0.05, 0) is 24.6 Å². The van der Waals surface area contributed by atoms with Crippen LogP contribution in [0.1, 0.15) is 13.3 Å². The fourth-order valence-electron chi connectivity index (χ4n) is 2.54. The molecule has 0 saturated carbocycles. The molecular weight excluding hydrogens is 336 g/mol. The summed E-state index contributed by atoms with van der Waals surface area (Å²) in [6, 6.07) is 11.8. The molecule has 0 aliphatic heterocycles. The number of rotatable bonds is 5. The van der Waals surface area contributed by atoms with Gasteiger partial charge in [-0.3, -0.25) is 4.79 Å². The van der Waals surface area contributed by atoms with Crippen molar-refractivity contribution in [2.24, 2.45) is 0 Å². The molecule has 1 aromatic heterocycles. The van der Waals surface area contributed by atoms with E-state index in [1.54, 1.807) is 25.3 Å². The Kier molecular flexibility index (Phi) is 5.22. The number of benzene rings is 2. The SMILES string of the molecule is CCCOC(=O)Oc1ccc2c(=O)c(-c3ccccc3OC)coc2c1. The van der Waals surface area contributed by atoms with Crippen molar-refractivity contribution in [1.82, 2.24) is 0 Å². The Labute approximate surface area is 149 Å². The van der Waals surface area contributed by atoms with Crippen LogP contribution in [-0.4, -0.2) is 19.9 Å². The molecule has 0 amide bonds. The number of methoxy groups -OCH3 is 1. The highest BCUT2D eigenvalue weighted by atomic mass is 16.7. The second kappa shape index (κ2) is 7.74. The van der Waals surface area contributed by atoms with Crippen LogP contribution < -0.4 is 14.9 Å². The molecule has 134 valence electrons. The molecule has 0 unspecified atom stereocenters. The predicted octanol–water partition coefficient (Wildman–Crippen LogP) is 4.39. The lowest BCUT2D eigenvalue weighted by atomic mass is 10.0. The Hall–Kier alpha value is -3.28. The molecule has 0 radical (unpaired) electrons. The topological polar surface area (TPSA) is 75.0 Å². The van der Waals surface area contributed by atoms with Crippen LogP contribution >= 0.6 is 0 Å². The van der Waals surface area contributed by atoms with Crippen molar-refractivity contribution in [2.75, 3.05) is 13.7 Å². The van der Waals surface area contributed by atoms with Gasteiger partial charge in [0.2, 0.25) is 5.43 Å². The van der Waals surface area contributed by atoms with Crippen molar-refractivity contribution in [3.8, 4) is 22.6 Å². The van der Waals surface area contributed by atoms with E-state index in [-0.39, 0.29) is 17.8 Å². The van der Waals surface area contributed by atoms with Crippen molar-refractivity contribution < 1.29 is 23.4 Å². The van der Waals surface area contributed by atoms with E-state index in [4.69, 9.17) is 18.6 Å². The zero-order chi connectivity index (χ0) is 18.5. The quantitative estimate of drug-likeness (QED) is 0.499. The largest absolute Gasteiger partial charge is 0.513 e. The maximum atomic E-state index is 12.8. The predicted molar refractivity (Wildman–Crippen MR) is 96.7 cm³/mol. The normalized spacial score (nSPS) is 10.5. The van der Waals surface area contributed by atoms with Crippen molar-refractivity contribution >= 4 is 17.1 Å². The molecule has 0 saturated heterocycles. The summed E-state index contributed by atoms with van der Waals surface area (Å²) in [6.07, 6.45) is 1.29. The summed E-state index contributed by atoms with van der Waals surface area (Å²) in [5.41, 5.74) is 1.16. The second-order valence-electron chi connectivity index (χ2n) is 5.54. The van der Waals surface area contributed by atoms with Gasteiger partial charge in [0.1, 0.15) is 23.3 Å². The average Bonchev–Trinajstić information content (AvgIpc) is 2.66. The fraction of sp³-hybridized carbons (Fsp3) is 0.200. The number of para-hydroxylation sites is 1. The second-order valence-corrected chi connectivity index (χ2v) is 5.54. The minimum atomic E-state index is -0.792. The summed E-state index contributed by atoms with van der Waals surface area (Å²) in [7, 11) is 1.54. The number of hydrogen-bond acceptors (Lipinski definition) is 6. The standard InChI is InChI=1S/C20H18O6/c1-3-10-24-20(22)26-13-8-9-15-18(11-13)25-12-16(19(15)21)14-6-4-5-7-17(14)23-2/h4-9,11-12H,3,10H2,1-2H3. The van der Waals surface area contributed by atoms with Gasteiger partial charge >= 0.3 is 6.16 Å². The number of ether oxygens (including phenoxy) is 3. The highest BCUT2D eigenvalue weighted by Gasteiger charge is 2.14.